The molecule has 0 bridgehead atoms. The number of amides is 5. The third kappa shape index (κ3) is 23.5. The fourth-order valence-corrected chi connectivity index (χ4v) is 12.9. The molecule has 0 spiro atoms. The number of piperidine rings is 3. The van der Waals surface area contributed by atoms with Crippen molar-refractivity contribution in [3.05, 3.63) is 225 Å². The van der Waals surface area contributed by atoms with Gasteiger partial charge >= 0.3 is 30.6 Å². The molecule has 99 heavy (non-hydrogen) atoms. The minimum Gasteiger partial charge on any atom is -0.335 e. The zero-order chi connectivity index (χ0) is 71.5. The molecule has 0 saturated carbocycles. The fraction of sp³-hybridized carbons (Fsp3) is 0.408. The molecule has 0 radical (unpaired) electrons. The topological polar surface area (TPSA) is 104 Å². The van der Waals surface area contributed by atoms with Gasteiger partial charge in [0.1, 0.15) is 0 Å². The lowest BCUT2D eigenvalue weighted by atomic mass is 9.99. The van der Waals surface area contributed by atoms with E-state index in [-0.39, 0.29) is 58.5 Å². The molecule has 532 valence electrons. The van der Waals surface area contributed by atoms with Gasteiger partial charge in [-0.15, -0.1) is 0 Å². The Labute approximate surface area is 577 Å². The minimum absolute atomic E-state index is 0.0126. The summed E-state index contributed by atoms with van der Waals surface area (Å²) in [7, 11) is 0. The van der Waals surface area contributed by atoms with E-state index in [1.807, 2.05) is 94.7 Å². The number of carbonyl (C=O) groups is 3. The zero-order valence-electron chi connectivity index (χ0n) is 56.0. The van der Waals surface area contributed by atoms with Crippen LogP contribution in [0.2, 0.25) is 5.02 Å². The fourth-order valence-electron chi connectivity index (χ4n) is 12.7. The maximum Gasteiger partial charge on any atom is 0.416 e. The largest absolute Gasteiger partial charge is 0.416 e. The smallest absolute Gasteiger partial charge is 0.335 e. The highest BCUT2D eigenvalue weighted by molar-refractivity contribution is 6.30. The van der Waals surface area contributed by atoms with Crippen LogP contribution in [-0.2, 0) is 44.1 Å². The molecule has 3 N–H and O–H groups in total. The first kappa shape index (κ1) is 76.7. The molecular weight excluding hydrogens is 1320 g/mol. The van der Waals surface area contributed by atoms with Gasteiger partial charge in [-0.1, -0.05) is 135 Å². The summed E-state index contributed by atoms with van der Waals surface area (Å²) in [5, 5.41) is 8.91. The molecule has 11 nitrogen and oxygen atoms in total. The average molecular weight is 1400 g/mol. The highest BCUT2D eigenvalue weighted by Gasteiger charge is 2.38. The lowest BCUT2D eigenvalue weighted by molar-refractivity contribution is -0.143. The van der Waals surface area contributed by atoms with Gasteiger partial charge in [-0.3, -0.25) is 9.69 Å². The summed E-state index contributed by atoms with van der Waals surface area (Å²) in [6, 6.07) is 44.8. The van der Waals surface area contributed by atoms with Crippen LogP contribution in [0.25, 0.3) is 11.1 Å². The van der Waals surface area contributed by atoms with Gasteiger partial charge in [0, 0.05) is 118 Å². The van der Waals surface area contributed by atoms with Crippen molar-refractivity contribution >= 4 is 40.9 Å². The standard InChI is InChI=1S/C32H35F6N3O.C24H30F2N2O.C20H21ClF3N3O/c1-3-7-22(2)40-16-14-29(15-17-40)41(21-23-8-5-4-6-9-23)30(42)39-28-12-10-24(11-13-28)25-18-26(31(33,34)35)20-27(19-25)32(36,37)38;1-3-14-27-15-12-22(13-16-27)28(18-19-8-5-4-6-9-19)23(29)20-10-7-11-21(17-20)24(2,25)26;21-16-5-1-3-14(11-16)13-27-9-7-17(8-10-27)25-19(28)26-18-6-2-4-15(12-18)20(22,23)24/h4-6,8-13,18-20,22,29H,3,7,14-17,21H2,1-2H3,(H,39,42);4-11,17,22H,3,12-16,18H2,1-2H3;1-6,11-12,17H,7-10,13H2,(H2,25,26,28). The summed E-state index contributed by atoms with van der Waals surface area (Å²) in [6.07, 6.45) is -5.95. The molecule has 1 unspecified atom stereocenters. The van der Waals surface area contributed by atoms with Gasteiger partial charge in [-0.25, -0.2) is 18.4 Å². The second-order valence-corrected chi connectivity index (χ2v) is 26.1. The summed E-state index contributed by atoms with van der Waals surface area (Å²) in [4.78, 5) is 49.9. The van der Waals surface area contributed by atoms with Crippen molar-refractivity contribution in [3.63, 3.8) is 0 Å². The zero-order valence-corrected chi connectivity index (χ0v) is 56.7. The van der Waals surface area contributed by atoms with Crippen molar-refractivity contribution in [2.75, 3.05) is 56.4 Å². The number of hydrogen-bond acceptors (Lipinski definition) is 6. The number of nitrogens with one attached hydrogen (secondary N) is 3. The van der Waals surface area contributed by atoms with Gasteiger partial charge in [-0.2, -0.15) is 39.5 Å². The first-order valence-electron chi connectivity index (χ1n) is 33.6. The van der Waals surface area contributed by atoms with Gasteiger partial charge in [0.15, 0.2) is 0 Å². The summed E-state index contributed by atoms with van der Waals surface area (Å²) in [6.45, 7) is 15.5. The molecule has 0 aliphatic carbocycles. The van der Waals surface area contributed by atoms with E-state index in [0.717, 1.165) is 146 Å². The van der Waals surface area contributed by atoms with Crippen LogP contribution in [0.15, 0.2) is 176 Å². The van der Waals surface area contributed by atoms with E-state index < -0.39 is 47.2 Å². The summed E-state index contributed by atoms with van der Waals surface area (Å²) in [5.74, 6) is -3.14. The Morgan fingerprint density at radius 2 is 1.03 bits per heavy atom. The summed E-state index contributed by atoms with van der Waals surface area (Å²) in [5.41, 5.74) is 0.280. The average Bonchev–Trinajstić information content (AvgIpc) is 0.805. The summed E-state index contributed by atoms with van der Waals surface area (Å²) < 4.78 is 146. The number of alkyl halides is 11. The van der Waals surface area contributed by atoms with E-state index >= 15 is 0 Å². The van der Waals surface area contributed by atoms with Gasteiger partial charge in [0.2, 0.25) is 0 Å². The number of hydrogen-bond donors (Lipinski definition) is 3. The Morgan fingerprint density at radius 3 is 1.59 bits per heavy atom. The molecule has 3 heterocycles. The van der Waals surface area contributed by atoms with Crippen molar-refractivity contribution < 1.29 is 62.7 Å². The normalized spacial score (nSPS) is 15.9. The lowest BCUT2D eigenvalue weighted by Crippen LogP contribution is -2.50. The first-order chi connectivity index (χ1) is 47.0. The van der Waals surface area contributed by atoms with Crippen molar-refractivity contribution in [2.45, 2.75) is 154 Å². The third-order valence-corrected chi connectivity index (χ3v) is 18.3. The molecule has 1 atom stereocenters. The van der Waals surface area contributed by atoms with Crippen LogP contribution in [-0.4, -0.2) is 112 Å². The minimum atomic E-state index is -4.93. The monoisotopic (exact) mass is 1400 g/mol. The van der Waals surface area contributed by atoms with Gasteiger partial charge < -0.3 is 35.6 Å². The Kier molecular flexibility index (Phi) is 27.4. The van der Waals surface area contributed by atoms with E-state index in [0.29, 0.717) is 47.5 Å². The predicted octanol–water partition coefficient (Wildman–Crippen LogP) is 19.5. The van der Waals surface area contributed by atoms with E-state index in [9.17, 15) is 62.7 Å². The number of anilines is 2. The van der Waals surface area contributed by atoms with Gasteiger partial charge in [-0.05, 0) is 165 Å². The van der Waals surface area contributed by atoms with Crippen LogP contribution in [0, 0.1) is 0 Å². The molecule has 7 aromatic carbocycles. The molecule has 3 fully saturated rings. The molecule has 7 aromatic rings. The van der Waals surface area contributed by atoms with E-state index in [1.165, 1.54) is 48.5 Å². The maximum atomic E-state index is 13.8. The van der Waals surface area contributed by atoms with Crippen LogP contribution in [0.5, 0.6) is 0 Å². The molecule has 3 saturated heterocycles. The van der Waals surface area contributed by atoms with Crippen LogP contribution in [0.4, 0.5) is 69.3 Å². The molecule has 0 aromatic heterocycles. The van der Waals surface area contributed by atoms with Crippen LogP contribution < -0.4 is 16.0 Å². The Balaban J connectivity index is 0.000000195. The van der Waals surface area contributed by atoms with Crippen molar-refractivity contribution in [2.24, 2.45) is 0 Å². The SMILES string of the molecule is CCCC(C)N1CCC(N(Cc2ccccc2)C(=O)Nc2ccc(-c3cc(C(F)(F)F)cc(C(F)(F)F)c3)cc2)CC1.CCCN1CCC(N(Cc2ccccc2)C(=O)c2cccc(C(C)(F)F)c2)CC1.O=C(Nc1cccc(C(F)(F)F)c1)NC1CCN(Cc2cccc(Cl)c2)CC1. The number of nitrogens with zero attached hydrogens (tertiary/aromatic N) is 5. The van der Waals surface area contributed by atoms with Gasteiger partial charge in [0.05, 0.1) is 16.7 Å². The number of carbonyl (C=O) groups excluding carboxylic acids is 3. The third-order valence-electron chi connectivity index (χ3n) is 18.1. The second kappa shape index (κ2) is 35.3. The van der Waals surface area contributed by atoms with Crippen molar-refractivity contribution in [3.8, 4) is 11.1 Å². The molecule has 3 aliphatic heterocycles. The van der Waals surface area contributed by atoms with E-state index in [1.54, 1.807) is 12.1 Å². The number of likely N-dealkylation sites (tertiary alicyclic amines) is 3. The Morgan fingerprint density at radius 1 is 0.505 bits per heavy atom. The van der Waals surface area contributed by atoms with Gasteiger partial charge in [0.25, 0.3) is 11.8 Å². The molecule has 3 aliphatic rings. The maximum absolute atomic E-state index is 13.8. The van der Waals surface area contributed by atoms with Crippen molar-refractivity contribution in [1.29, 1.82) is 0 Å². The number of urea groups is 2. The quantitative estimate of drug-likeness (QED) is 0.0697. The van der Waals surface area contributed by atoms with Crippen molar-refractivity contribution in [1.82, 2.24) is 29.8 Å². The molecule has 23 heteroatoms. The second-order valence-electron chi connectivity index (χ2n) is 25.6. The predicted molar refractivity (Wildman–Crippen MR) is 367 cm³/mol. The highest BCUT2D eigenvalue weighted by Crippen LogP contribution is 2.40. The first-order valence-corrected chi connectivity index (χ1v) is 33.9. The highest BCUT2D eigenvalue weighted by atomic mass is 35.5. The van der Waals surface area contributed by atoms with Crippen LogP contribution >= 0.6 is 11.6 Å². The number of rotatable bonds is 19. The number of benzene rings is 7. The summed E-state index contributed by atoms with van der Waals surface area (Å²) >= 11 is 6.01. The molecular formula is C76H86ClF11N8O3. The molecule has 10 rings (SSSR count). The number of halogens is 12. The van der Waals surface area contributed by atoms with E-state index in [2.05, 4.69) is 51.4 Å². The van der Waals surface area contributed by atoms with Crippen LogP contribution in [0.1, 0.15) is 135 Å². The lowest BCUT2D eigenvalue weighted by Gasteiger charge is -2.40. The Bertz CT molecular complexity index is 3650. The van der Waals surface area contributed by atoms with E-state index in [4.69, 9.17) is 11.6 Å². The molecule has 5 amide bonds. The Hall–Kier alpha value is -8.05. The van der Waals surface area contributed by atoms with Crippen LogP contribution in [0.3, 0.4) is 0 Å².